The molecule has 2 aromatic carbocycles. The monoisotopic (exact) mass is 487 g/mol. The normalized spacial score (nSPS) is 18.4. The summed E-state index contributed by atoms with van der Waals surface area (Å²) in [7, 11) is 0. The number of hydrogen-bond acceptors (Lipinski definition) is 6. The van der Waals surface area contributed by atoms with Crippen LogP contribution in [-0.4, -0.2) is 90.2 Å². The first-order valence-electron chi connectivity index (χ1n) is 12.7. The second-order valence-electron chi connectivity index (χ2n) is 9.54. The van der Waals surface area contributed by atoms with Crippen LogP contribution in [0, 0.1) is 0 Å². The van der Waals surface area contributed by atoms with Crippen molar-refractivity contribution in [2.24, 2.45) is 0 Å². The van der Waals surface area contributed by atoms with Gasteiger partial charge in [0.05, 0.1) is 29.1 Å². The fourth-order valence-corrected chi connectivity index (χ4v) is 5.96. The van der Waals surface area contributed by atoms with Crippen molar-refractivity contribution in [2.75, 3.05) is 65.6 Å². The highest BCUT2D eigenvalue weighted by molar-refractivity contribution is 7.18. The molecule has 0 aliphatic carbocycles. The lowest BCUT2D eigenvalue weighted by atomic mass is 10.1. The highest BCUT2D eigenvalue weighted by atomic mass is 32.1. The topological polar surface area (TPSA) is 47.6 Å². The molecule has 6 rings (SSSR count). The molecule has 6 nitrogen and oxygen atoms in total. The summed E-state index contributed by atoms with van der Waals surface area (Å²) in [6, 6.07) is 21.7. The highest BCUT2D eigenvalue weighted by Crippen LogP contribution is 2.34. The third kappa shape index (κ3) is 5.50. The number of nitrogens with zero attached hydrogens (tertiary/aromatic N) is 4. The SMILES string of the molecule is c1ccc2[nH]c(-c3ccc(-c4ccc(CN5CCN(CCN6CCOCC6)CC5)cc4)s3)nc2c1. The van der Waals surface area contributed by atoms with Crippen molar-refractivity contribution in [3.63, 3.8) is 0 Å². The fourth-order valence-electron chi connectivity index (χ4n) is 5.00. The van der Waals surface area contributed by atoms with E-state index >= 15 is 0 Å². The van der Waals surface area contributed by atoms with Gasteiger partial charge < -0.3 is 9.72 Å². The van der Waals surface area contributed by atoms with Gasteiger partial charge in [0.25, 0.3) is 0 Å². The maximum Gasteiger partial charge on any atom is 0.148 e. The Morgan fingerprint density at radius 1 is 0.743 bits per heavy atom. The molecular formula is C28H33N5OS. The first kappa shape index (κ1) is 22.9. The zero-order valence-corrected chi connectivity index (χ0v) is 21.0. The Balaban J connectivity index is 1.01. The van der Waals surface area contributed by atoms with Crippen LogP contribution in [0.25, 0.3) is 32.2 Å². The first-order chi connectivity index (χ1) is 17.3. The summed E-state index contributed by atoms with van der Waals surface area (Å²) in [5, 5.41) is 0. The maximum atomic E-state index is 5.46. The molecule has 7 heteroatoms. The molecule has 0 atom stereocenters. The van der Waals surface area contributed by atoms with Gasteiger partial charge in [-0.05, 0) is 35.4 Å². The molecule has 182 valence electrons. The van der Waals surface area contributed by atoms with E-state index in [9.17, 15) is 0 Å². The number of fused-ring (bicyclic) bond motifs is 1. The zero-order chi connectivity index (χ0) is 23.5. The van der Waals surface area contributed by atoms with Gasteiger partial charge in [-0.1, -0.05) is 36.4 Å². The third-order valence-electron chi connectivity index (χ3n) is 7.17. The fraction of sp³-hybridized carbons (Fsp3) is 0.393. The van der Waals surface area contributed by atoms with E-state index in [1.165, 1.54) is 47.1 Å². The summed E-state index contributed by atoms with van der Waals surface area (Å²) in [4.78, 5) is 18.4. The Hall–Kier alpha value is -2.55. The van der Waals surface area contributed by atoms with Crippen molar-refractivity contribution < 1.29 is 4.74 Å². The van der Waals surface area contributed by atoms with Gasteiger partial charge in [-0.15, -0.1) is 11.3 Å². The van der Waals surface area contributed by atoms with Crippen molar-refractivity contribution in [1.29, 1.82) is 0 Å². The van der Waals surface area contributed by atoms with Gasteiger partial charge in [0.15, 0.2) is 0 Å². The van der Waals surface area contributed by atoms with E-state index in [2.05, 4.69) is 62.1 Å². The lowest BCUT2D eigenvalue weighted by Crippen LogP contribution is -2.49. The molecule has 2 saturated heterocycles. The average molecular weight is 488 g/mol. The van der Waals surface area contributed by atoms with Crippen molar-refractivity contribution in [2.45, 2.75) is 6.54 Å². The third-order valence-corrected chi connectivity index (χ3v) is 8.32. The number of ether oxygens (including phenoxy) is 1. The minimum Gasteiger partial charge on any atom is -0.379 e. The largest absolute Gasteiger partial charge is 0.379 e. The number of aromatic amines is 1. The van der Waals surface area contributed by atoms with E-state index in [4.69, 9.17) is 9.72 Å². The molecule has 0 amide bonds. The van der Waals surface area contributed by atoms with Crippen LogP contribution in [0.1, 0.15) is 5.56 Å². The molecule has 0 saturated carbocycles. The second-order valence-corrected chi connectivity index (χ2v) is 10.6. The van der Waals surface area contributed by atoms with E-state index in [1.54, 1.807) is 11.3 Å². The number of nitrogens with one attached hydrogen (secondary N) is 1. The van der Waals surface area contributed by atoms with Crippen LogP contribution in [0.4, 0.5) is 0 Å². The summed E-state index contributed by atoms with van der Waals surface area (Å²) >= 11 is 1.79. The molecule has 2 fully saturated rings. The Kier molecular flexibility index (Phi) is 6.93. The number of H-pyrrole nitrogens is 1. The van der Waals surface area contributed by atoms with Crippen molar-refractivity contribution in [1.82, 2.24) is 24.7 Å². The van der Waals surface area contributed by atoms with E-state index in [0.29, 0.717) is 0 Å². The predicted octanol–water partition coefficient (Wildman–Crippen LogP) is 4.41. The summed E-state index contributed by atoms with van der Waals surface area (Å²) in [6.45, 7) is 12.0. The van der Waals surface area contributed by atoms with Gasteiger partial charge in [-0.3, -0.25) is 14.7 Å². The molecule has 2 aromatic heterocycles. The number of benzene rings is 2. The van der Waals surface area contributed by atoms with Gasteiger partial charge in [-0.2, -0.15) is 0 Å². The lowest BCUT2D eigenvalue weighted by Gasteiger charge is -2.36. The number of aromatic nitrogens is 2. The van der Waals surface area contributed by atoms with Crippen LogP contribution < -0.4 is 0 Å². The van der Waals surface area contributed by atoms with Crippen LogP contribution in [0.5, 0.6) is 0 Å². The summed E-state index contributed by atoms with van der Waals surface area (Å²) in [6.07, 6.45) is 0. The molecule has 1 N–H and O–H groups in total. The van der Waals surface area contributed by atoms with Gasteiger partial charge in [0, 0.05) is 63.8 Å². The van der Waals surface area contributed by atoms with Crippen LogP contribution in [-0.2, 0) is 11.3 Å². The van der Waals surface area contributed by atoms with Crippen molar-refractivity contribution in [3.8, 4) is 21.1 Å². The number of thiophene rings is 1. The second kappa shape index (κ2) is 10.6. The quantitative estimate of drug-likeness (QED) is 0.419. The molecule has 4 aromatic rings. The standard InChI is InChI=1S/C28H33N5OS/c1-2-4-25-24(3-1)29-28(30-25)27-10-9-26(35-27)23-7-5-22(6-8-23)21-33-15-13-31(14-16-33)11-12-32-17-19-34-20-18-32/h1-10H,11-21H2,(H,29,30). The number of imidazole rings is 1. The predicted molar refractivity (Wildman–Crippen MR) is 144 cm³/mol. The Morgan fingerprint density at radius 3 is 2.20 bits per heavy atom. The molecule has 35 heavy (non-hydrogen) atoms. The number of morpholine rings is 1. The summed E-state index contributed by atoms with van der Waals surface area (Å²) in [5.74, 6) is 0.947. The first-order valence-corrected chi connectivity index (χ1v) is 13.5. The summed E-state index contributed by atoms with van der Waals surface area (Å²) < 4.78 is 5.46. The minimum atomic E-state index is 0.890. The Morgan fingerprint density at radius 2 is 1.43 bits per heavy atom. The van der Waals surface area contributed by atoms with E-state index in [1.807, 2.05) is 18.2 Å². The molecule has 0 radical (unpaired) electrons. The minimum absolute atomic E-state index is 0.890. The lowest BCUT2D eigenvalue weighted by molar-refractivity contribution is 0.0297. The number of hydrogen-bond donors (Lipinski definition) is 1. The average Bonchev–Trinajstić information content (AvgIpc) is 3.57. The number of para-hydroxylation sites is 2. The number of rotatable bonds is 7. The van der Waals surface area contributed by atoms with E-state index < -0.39 is 0 Å². The van der Waals surface area contributed by atoms with Crippen LogP contribution in [0.2, 0.25) is 0 Å². The van der Waals surface area contributed by atoms with Crippen LogP contribution in [0.3, 0.4) is 0 Å². The van der Waals surface area contributed by atoms with Crippen LogP contribution in [0.15, 0.2) is 60.7 Å². The molecule has 0 spiro atoms. The highest BCUT2D eigenvalue weighted by Gasteiger charge is 2.18. The molecule has 4 heterocycles. The molecular weight excluding hydrogens is 454 g/mol. The van der Waals surface area contributed by atoms with Gasteiger partial charge in [0.1, 0.15) is 5.82 Å². The maximum absolute atomic E-state index is 5.46. The molecule has 2 aliphatic rings. The number of piperazine rings is 1. The van der Waals surface area contributed by atoms with E-state index in [0.717, 1.165) is 62.8 Å². The molecule has 0 bridgehead atoms. The molecule has 0 unspecified atom stereocenters. The van der Waals surface area contributed by atoms with Gasteiger partial charge >= 0.3 is 0 Å². The summed E-state index contributed by atoms with van der Waals surface area (Å²) in [5.41, 5.74) is 4.76. The van der Waals surface area contributed by atoms with Gasteiger partial charge in [0.2, 0.25) is 0 Å². The smallest absolute Gasteiger partial charge is 0.148 e. The van der Waals surface area contributed by atoms with E-state index in [-0.39, 0.29) is 0 Å². The van der Waals surface area contributed by atoms with Gasteiger partial charge in [-0.25, -0.2) is 4.98 Å². The van der Waals surface area contributed by atoms with Crippen molar-refractivity contribution in [3.05, 3.63) is 66.2 Å². The zero-order valence-electron chi connectivity index (χ0n) is 20.2. The Bertz CT molecular complexity index is 1200. The Labute approximate surface area is 211 Å². The van der Waals surface area contributed by atoms with Crippen molar-refractivity contribution >= 4 is 22.4 Å². The molecule has 2 aliphatic heterocycles. The van der Waals surface area contributed by atoms with Crippen LogP contribution >= 0.6 is 11.3 Å².